The van der Waals surface area contributed by atoms with Crippen LogP contribution in [0.15, 0.2) is 67.4 Å². The maximum atomic E-state index is 5.58. The monoisotopic (exact) mass is 253 g/mol. The third kappa shape index (κ3) is 3.38. The quantitative estimate of drug-likeness (QED) is 0.736. The van der Waals surface area contributed by atoms with Crippen LogP contribution in [-0.2, 0) is 0 Å². The molecule has 0 aliphatic heterocycles. The van der Waals surface area contributed by atoms with E-state index >= 15 is 0 Å². The smallest absolute Gasteiger partial charge is 0.119 e. The van der Waals surface area contributed by atoms with Crippen LogP contribution in [0.4, 0.5) is 11.4 Å². The van der Waals surface area contributed by atoms with Crippen LogP contribution >= 0.6 is 0 Å². The van der Waals surface area contributed by atoms with Gasteiger partial charge in [-0.1, -0.05) is 31.7 Å². The molecule has 2 aromatic rings. The Hall–Kier alpha value is -2.22. The molecule has 0 N–H and O–H groups in total. The van der Waals surface area contributed by atoms with Gasteiger partial charge in [0.25, 0.3) is 0 Å². The molecular formula is C17H19NO. The van der Waals surface area contributed by atoms with Gasteiger partial charge in [-0.25, -0.2) is 0 Å². The van der Waals surface area contributed by atoms with Gasteiger partial charge in [-0.05, 0) is 42.8 Å². The predicted molar refractivity (Wildman–Crippen MR) is 81.0 cm³/mol. The zero-order valence-electron chi connectivity index (χ0n) is 11.3. The van der Waals surface area contributed by atoms with Gasteiger partial charge in [-0.15, -0.1) is 0 Å². The lowest BCUT2D eigenvalue weighted by Crippen LogP contribution is -2.07. The minimum absolute atomic E-state index is 0.753. The number of para-hydroxylation sites is 1. The van der Waals surface area contributed by atoms with Crippen molar-refractivity contribution in [2.75, 3.05) is 11.5 Å². The van der Waals surface area contributed by atoms with Crippen LogP contribution in [-0.4, -0.2) is 6.61 Å². The summed E-state index contributed by atoms with van der Waals surface area (Å²) < 4.78 is 5.58. The number of ether oxygens (including phenoxy) is 1. The van der Waals surface area contributed by atoms with Gasteiger partial charge in [0.1, 0.15) is 5.75 Å². The second kappa shape index (κ2) is 6.64. The standard InChI is InChI=1S/C17H19NO/c1-3-14-19-17-12-10-16(11-13-17)18(4-2)15-8-6-5-7-9-15/h4-13H,2-3,14H2,1H3. The van der Waals surface area contributed by atoms with E-state index in [4.69, 9.17) is 4.74 Å². The van der Waals surface area contributed by atoms with E-state index in [1.165, 1.54) is 0 Å². The summed E-state index contributed by atoms with van der Waals surface area (Å²) in [5, 5.41) is 0. The normalized spacial score (nSPS) is 9.95. The molecule has 2 aromatic carbocycles. The summed E-state index contributed by atoms with van der Waals surface area (Å²) in [5.74, 6) is 0.905. The molecule has 0 aromatic heterocycles. The van der Waals surface area contributed by atoms with Gasteiger partial charge in [-0.2, -0.15) is 0 Å². The first-order valence-corrected chi connectivity index (χ1v) is 6.55. The fraction of sp³-hybridized carbons (Fsp3) is 0.176. The second-order valence-electron chi connectivity index (χ2n) is 4.23. The van der Waals surface area contributed by atoms with Crippen molar-refractivity contribution in [1.82, 2.24) is 0 Å². The van der Waals surface area contributed by atoms with Crippen molar-refractivity contribution in [3.8, 4) is 5.75 Å². The Labute approximate surface area is 114 Å². The SMILES string of the molecule is C=CN(c1ccccc1)c1ccc(OCCC)cc1. The van der Waals surface area contributed by atoms with Crippen LogP contribution in [0, 0.1) is 0 Å². The van der Waals surface area contributed by atoms with Gasteiger partial charge in [0.05, 0.1) is 6.61 Å². The van der Waals surface area contributed by atoms with Crippen molar-refractivity contribution in [3.63, 3.8) is 0 Å². The Balaban J connectivity index is 2.18. The highest BCUT2D eigenvalue weighted by Crippen LogP contribution is 2.27. The zero-order valence-corrected chi connectivity index (χ0v) is 11.3. The second-order valence-corrected chi connectivity index (χ2v) is 4.23. The van der Waals surface area contributed by atoms with Crippen molar-refractivity contribution in [2.24, 2.45) is 0 Å². The van der Waals surface area contributed by atoms with Crippen LogP contribution in [0.1, 0.15) is 13.3 Å². The average molecular weight is 253 g/mol. The van der Waals surface area contributed by atoms with Crippen LogP contribution in [0.25, 0.3) is 0 Å². The van der Waals surface area contributed by atoms with Crippen LogP contribution < -0.4 is 9.64 Å². The molecule has 19 heavy (non-hydrogen) atoms. The number of nitrogens with zero attached hydrogens (tertiary/aromatic N) is 1. The van der Waals surface area contributed by atoms with Gasteiger partial charge >= 0.3 is 0 Å². The number of hydrogen-bond donors (Lipinski definition) is 0. The Morgan fingerprint density at radius 1 is 1.00 bits per heavy atom. The van der Waals surface area contributed by atoms with Crippen molar-refractivity contribution in [2.45, 2.75) is 13.3 Å². The predicted octanol–water partition coefficient (Wildman–Crippen LogP) is 4.76. The first kappa shape index (κ1) is 13.2. The number of rotatable bonds is 6. The van der Waals surface area contributed by atoms with Gasteiger partial charge in [0.15, 0.2) is 0 Å². The molecule has 2 nitrogen and oxygen atoms in total. The van der Waals surface area contributed by atoms with E-state index in [-0.39, 0.29) is 0 Å². The van der Waals surface area contributed by atoms with Crippen LogP contribution in [0.3, 0.4) is 0 Å². The summed E-state index contributed by atoms with van der Waals surface area (Å²) in [6.45, 7) is 6.73. The van der Waals surface area contributed by atoms with Gasteiger partial charge in [0, 0.05) is 17.6 Å². The molecule has 0 heterocycles. The van der Waals surface area contributed by atoms with Crippen LogP contribution in [0.5, 0.6) is 5.75 Å². The van der Waals surface area contributed by atoms with Gasteiger partial charge in [0.2, 0.25) is 0 Å². The lowest BCUT2D eigenvalue weighted by molar-refractivity contribution is 0.317. The first-order valence-electron chi connectivity index (χ1n) is 6.55. The Kier molecular flexibility index (Phi) is 4.62. The highest BCUT2D eigenvalue weighted by Gasteiger charge is 2.05. The topological polar surface area (TPSA) is 12.5 Å². The maximum absolute atomic E-state index is 5.58. The lowest BCUT2D eigenvalue weighted by Gasteiger charge is -2.20. The molecule has 0 spiro atoms. The molecule has 0 amide bonds. The molecule has 0 bridgehead atoms. The summed E-state index contributed by atoms with van der Waals surface area (Å²) >= 11 is 0. The molecule has 98 valence electrons. The third-order valence-corrected chi connectivity index (χ3v) is 2.80. The molecule has 0 aliphatic carbocycles. The summed E-state index contributed by atoms with van der Waals surface area (Å²) in [6, 6.07) is 18.2. The number of hydrogen-bond acceptors (Lipinski definition) is 2. The Morgan fingerprint density at radius 3 is 2.21 bits per heavy atom. The van der Waals surface area contributed by atoms with E-state index in [1.807, 2.05) is 53.6 Å². The minimum Gasteiger partial charge on any atom is -0.494 e. The lowest BCUT2D eigenvalue weighted by atomic mass is 10.2. The van der Waals surface area contributed by atoms with Crippen molar-refractivity contribution in [1.29, 1.82) is 0 Å². The molecule has 0 atom stereocenters. The summed E-state index contributed by atoms with van der Waals surface area (Å²) in [6.07, 6.45) is 2.84. The molecule has 0 aliphatic rings. The highest BCUT2D eigenvalue weighted by atomic mass is 16.5. The van der Waals surface area contributed by atoms with Gasteiger partial charge in [-0.3, -0.25) is 0 Å². The van der Waals surface area contributed by atoms with Crippen LogP contribution in [0.2, 0.25) is 0 Å². The molecule has 0 saturated carbocycles. The number of anilines is 2. The Morgan fingerprint density at radius 2 is 1.63 bits per heavy atom. The molecular weight excluding hydrogens is 234 g/mol. The van der Waals surface area contributed by atoms with E-state index in [1.54, 1.807) is 0 Å². The molecule has 0 radical (unpaired) electrons. The summed E-state index contributed by atoms with van der Waals surface area (Å²) in [7, 11) is 0. The maximum Gasteiger partial charge on any atom is 0.119 e. The zero-order chi connectivity index (χ0) is 13.5. The molecule has 0 fully saturated rings. The van der Waals surface area contributed by atoms with E-state index in [0.717, 1.165) is 30.2 Å². The fourth-order valence-corrected chi connectivity index (χ4v) is 1.87. The molecule has 0 saturated heterocycles. The Bertz CT molecular complexity index is 505. The highest BCUT2D eigenvalue weighted by molar-refractivity contribution is 5.66. The van der Waals surface area contributed by atoms with Gasteiger partial charge < -0.3 is 9.64 Å². The van der Waals surface area contributed by atoms with Crippen molar-refractivity contribution in [3.05, 3.63) is 67.4 Å². The van der Waals surface area contributed by atoms with E-state index in [9.17, 15) is 0 Å². The third-order valence-electron chi connectivity index (χ3n) is 2.80. The van der Waals surface area contributed by atoms with Crippen molar-refractivity contribution < 1.29 is 4.74 Å². The van der Waals surface area contributed by atoms with E-state index in [0.29, 0.717) is 0 Å². The molecule has 2 rings (SSSR count). The van der Waals surface area contributed by atoms with E-state index < -0.39 is 0 Å². The summed E-state index contributed by atoms with van der Waals surface area (Å²) in [5.41, 5.74) is 2.17. The summed E-state index contributed by atoms with van der Waals surface area (Å²) in [4.78, 5) is 2.05. The molecule has 0 unspecified atom stereocenters. The molecule has 2 heteroatoms. The average Bonchev–Trinajstić information content (AvgIpc) is 2.48. The largest absolute Gasteiger partial charge is 0.494 e. The fourth-order valence-electron chi connectivity index (χ4n) is 1.87. The number of benzene rings is 2. The minimum atomic E-state index is 0.753. The van der Waals surface area contributed by atoms with Crippen molar-refractivity contribution >= 4 is 11.4 Å². The van der Waals surface area contributed by atoms with E-state index in [2.05, 4.69) is 25.6 Å². The first-order chi connectivity index (χ1) is 9.35.